The van der Waals surface area contributed by atoms with Crippen LogP contribution >= 0.6 is 15.9 Å². The predicted molar refractivity (Wildman–Crippen MR) is 87.8 cm³/mol. The predicted octanol–water partition coefficient (Wildman–Crippen LogP) is 3.15. The third kappa shape index (κ3) is 3.36. The molecule has 1 heterocycles. The minimum Gasteiger partial charge on any atom is -0.399 e. The van der Waals surface area contributed by atoms with E-state index in [2.05, 4.69) is 25.6 Å². The number of nitrogen functional groups attached to an aromatic ring is 1. The van der Waals surface area contributed by atoms with Crippen LogP contribution in [0.2, 0.25) is 0 Å². The van der Waals surface area contributed by atoms with Gasteiger partial charge in [-0.25, -0.2) is 13.4 Å². The van der Waals surface area contributed by atoms with E-state index in [-0.39, 0.29) is 10.7 Å². The van der Waals surface area contributed by atoms with Crippen LogP contribution in [-0.2, 0) is 10.0 Å². The Kier molecular flexibility index (Phi) is 4.25. The second-order valence-corrected chi connectivity index (χ2v) is 7.34. The molecule has 1 aromatic carbocycles. The molecule has 0 fully saturated rings. The molecule has 1 aromatic heterocycles. The zero-order valence-electron chi connectivity index (χ0n) is 11.9. The Morgan fingerprint density at radius 2 is 1.86 bits per heavy atom. The van der Waals surface area contributed by atoms with Crippen LogP contribution in [-0.4, -0.2) is 13.4 Å². The number of nitrogens with one attached hydrogen (secondary N) is 1. The highest BCUT2D eigenvalue weighted by atomic mass is 79.9. The van der Waals surface area contributed by atoms with Crippen molar-refractivity contribution < 1.29 is 8.42 Å². The Morgan fingerprint density at radius 3 is 2.48 bits per heavy atom. The topological polar surface area (TPSA) is 85.1 Å². The first-order valence-corrected chi connectivity index (χ1v) is 8.51. The van der Waals surface area contributed by atoms with E-state index in [1.807, 2.05) is 6.92 Å². The lowest BCUT2D eigenvalue weighted by atomic mass is 10.1. The van der Waals surface area contributed by atoms with Gasteiger partial charge < -0.3 is 5.73 Å². The zero-order chi connectivity index (χ0) is 15.8. The molecule has 0 bridgehead atoms. The number of nitrogens with two attached hydrogens (primary N) is 1. The molecule has 3 N–H and O–H groups in total. The number of aryl methyl sites for hydroxylation is 2. The highest BCUT2D eigenvalue weighted by Crippen LogP contribution is 2.25. The van der Waals surface area contributed by atoms with Crippen molar-refractivity contribution in [3.05, 3.63) is 45.6 Å². The van der Waals surface area contributed by atoms with Gasteiger partial charge in [0, 0.05) is 10.2 Å². The molecule has 0 aliphatic carbocycles. The highest BCUT2D eigenvalue weighted by molar-refractivity contribution is 9.10. The van der Waals surface area contributed by atoms with Crippen LogP contribution in [0, 0.1) is 20.8 Å². The smallest absolute Gasteiger partial charge is 0.263 e. The van der Waals surface area contributed by atoms with Gasteiger partial charge in [-0.3, -0.25) is 4.72 Å². The van der Waals surface area contributed by atoms with E-state index in [9.17, 15) is 8.42 Å². The van der Waals surface area contributed by atoms with Crippen molar-refractivity contribution in [3.8, 4) is 0 Å². The van der Waals surface area contributed by atoms with Crippen LogP contribution in [0.25, 0.3) is 0 Å². The summed E-state index contributed by atoms with van der Waals surface area (Å²) >= 11 is 3.33. The summed E-state index contributed by atoms with van der Waals surface area (Å²) in [6.45, 7) is 5.37. The maximum absolute atomic E-state index is 12.5. The number of rotatable bonds is 3. The van der Waals surface area contributed by atoms with E-state index >= 15 is 0 Å². The van der Waals surface area contributed by atoms with Gasteiger partial charge in [0.05, 0.1) is 10.6 Å². The molecular weight excluding hydrogens is 354 g/mol. The van der Waals surface area contributed by atoms with E-state index in [0.29, 0.717) is 16.9 Å². The minimum absolute atomic E-state index is 0.169. The third-order valence-electron chi connectivity index (χ3n) is 3.19. The van der Waals surface area contributed by atoms with Crippen LogP contribution < -0.4 is 10.5 Å². The molecule has 0 saturated carbocycles. The van der Waals surface area contributed by atoms with E-state index in [1.165, 1.54) is 6.07 Å². The molecule has 21 heavy (non-hydrogen) atoms. The lowest BCUT2D eigenvalue weighted by Gasteiger charge is -2.13. The Labute approximate surface area is 132 Å². The van der Waals surface area contributed by atoms with Gasteiger partial charge in [0.2, 0.25) is 0 Å². The summed E-state index contributed by atoms with van der Waals surface area (Å²) in [5.74, 6) is 0.273. The van der Waals surface area contributed by atoms with Crippen molar-refractivity contribution in [2.24, 2.45) is 0 Å². The summed E-state index contributed by atoms with van der Waals surface area (Å²) in [6, 6.07) is 6.55. The first kappa shape index (κ1) is 15.8. The van der Waals surface area contributed by atoms with Gasteiger partial charge in [0.25, 0.3) is 10.0 Å². The lowest BCUT2D eigenvalue weighted by molar-refractivity contribution is 0.600. The van der Waals surface area contributed by atoms with Crippen molar-refractivity contribution in [2.45, 2.75) is 25.7 Å². The molecule has 0 aliphatic heterocycles. The maximum Gasteiger partial charge on any atom is 0.263 e. The van der Waals surface area contributed by atoms with Gasteiger partial charge in [-0.15, -0.1) is 0 Å². The standard InChI is InChI=1S/C14H16BrN3O2S/c1-8-6-11(16)7-13(9(8)2)21(19,20)18-14-5-4-12(15)10(3)17-14/h4-7H,16H2,1-3H3,(H,17,18). The zero-order valence-corrected chi connectivity index (χ0v) is 14.3. The Bertz CT molecular complexity index is 804. The number of benzene rings is 1. The normalized spacial score (nSPS) is 11.4. The molecule has 0 spiro atoms. The molecule has 0 aliphatic rings. The van der Waals surface area contributed by atoms with Crippen LogP contribution in [0.3, 0.4) is 0 Å². The van der Waals surface area contributed by atoms with Crippen molar-refractivity contribution in [1.29, 1.82) is 0 Å². The molecule has 5 nitrogen and oxygen atoms in total. The van der Waals surface area contributed by atoms with Gasteiger partial charge in [0.1, 0.15) is 5.82 Å². The van der Waals surface area contributed by atoms with Crippen molar-refractivity contribution in [3.63, 3.8) is 0 Å². The number of hydrogen-bond acceptors (Lipinski definition) is 4. The van der Waals surface area contributed by atoms with E-state index < -0.39 is 10.0 Å². The Morgan fingerprint density at radius 1 is 1.19 bits per heavy atom. The second kappa shape index (κ2) is 5.65. The fourth-order valence-electron chi connectivity index (χ4n) is 1.93. The van der Waals surface area contributed by atoms with E-state index in [0.717, 1.165) is 10.0 Å². The average Bonchev–Trinajstić information content (AvgIpc) is 2.37. The SMILES string of the molecule is Cc1cc(N)cc(S(=O)(=O)Nc2ccc(Br)c(C)n2)c1C. The van der Waals surface area contributed by atoms with Gasteiger partial charge in [0.15, 0.2) is 0 Å². The fourth-order valence-corrected chi connectivity index (χ4v) is 3.50. The van der Waals surface area contributed by atoms with Gasteiger partial charge >= 0.3 is 0 Å². The van der Waals surface area contributed by atoms with Gasteiger partial charge in [-0.2, -0.15) is 0 Å². The Balaban J connectivity index is 2.45. The first-order valence-electron chi connectivity index (χ1n) is 6.23. The molecule has 2 rings (SSSR count). The third-order valence-corrected chi connectivity index (χ3v) is 5.51. The number of pyridine rings is 1. The summed E-state index contributed by atoms with van der Waals surface area (Å²) in [6.07, 6.45) is 0. The van der Waals surface area contributed by atoms with Crippen LogP contribution in [0.5, 0.6) is 0 Å². The van der Waals surface area contributed by atoms with Crippen molar-refractivity contribution in [2.75, 3.05) is 10.5 Å². The summed E-state index contributed by atoms with van der Waals surface area (Å²) in [4.78, 5) is 4.36. The molecule has 7 heteroatoms. The quantitative estimate of drug-likeness (QED) is 0.813. The maximum atomic E-state index is 12.5. The first-order chi connectivity index (χ1) is 9.70. The second-order valence-electron chi connectivity index (χ2n) is 4.83. The summed E-state index contributed by atoms with van der Waals surface area (Å²) < 4.78 is 28.3. The largest absolute Gasteiger partial charge is 0.399 e. The van der Waals surface area contributed by atoms with Crippen LogP contribution in [0.15, 0.2) is 33.6 Å². The number of anilines is 2. The fraction of sp³-hybridized carbons (Fsp3) is 0.214. The molecule has 112 valence electrons. The number of nitrogens with zero attached hydrogens (tertiary/aromatic N) is 1. The van der Waals surface area contributed by atoms with E-state index in [1.54, 1.807) is 32.0 Å². The minimum atomic E-state index is -3.73. The molecule has 0 amide bonds. The van der Waals surface area contributed by atoms with Crippen molar-refractivity contribution in [1.82, 2.24) is 4.98 Å². The van der Waals surface area contributed by atoms with Crippen LogP contribution in [0.4, 0.5) is 11.5 Å². The summed E-state index contributed by atoms with van der Waals surface area (Å²) in [7, 11) is -3.73. The molecule has 0 radical (unpaired) electrons. The molecule has 0 saturated heterocycles. The van der Waals surface area contributed by atoms with E-state index in [4.69, 9.17) is 5.73 Å². The summed E-state index contributed by atoms with van der Waals surface area (Å²) in [5, 5.41) is 0. The number of halogens is 1. The van der Waals surface area contributed by atoms with Gasteiger partial charge in [-0.1, -0.05) is 0 Å². The molecule has 2 aromatic rings. The molecular formula is C14H16BrN3O2S. The monoisotopic (exact) mass is 369 g/mol. The van der Waals surface area contributed by atoms with Crippen LogP contribution in [0.1, 0.15) is 16.8 Å². The summed E-state index contributed by atoms with van der Waals surface area (Å²) in [5.41, 5.74) is 8.37. The average molecular weight is 370 g/mol. The van der Waals surface area contributed by atoms with Gasteiger partial charge in [-0.05, 0) is 72.1 Å². The molecule has 0 unspecified atom stereocenters. The number of aromatic nitrogens is 1. The highest BCUT2D eigenvalue weighted by Gasteiger charge is 2.19. The molecule has 0 atom stereocenters. The number of sulfonamides is 1. The van der Waals surface area contributed by atoms with Crippen molar-refractivity contribution >= 4 is 37.5 Å². The number of hydrogen-bond donors (Lipinski definition) is 2. The Hall–Kier alpha value is -1.60. The lowest BCUT2D eigenvalue weighted by Crippen LogP contribution is -2.16.